The van der Waals surface area contributed by atoms with Crippen LogP contribution in [0, 0.1) is 0 Å². The number of aromatic amines is 1. The van der Waals surface area contributed by atoms with Crippen LogP contribution in [0.2, 0.25) is 0 Å². The molecule has 1 aliphatic rings. The topological polar surface area (TPSA) is 69.3 Å². The lowest BCUT2D eigenvalue weighted by Crippen LogP contribution is -2.48. The molecule has 3 rings (SSSR count). The number of nitrogens with zero attached hydrogens (tertiary/aromatic N) is 3. The van der Waals surface area contributed by atoms with Crippen molar-refractivity contribution in [2.45, 2.75) is 5.92 Å². The molecule has 1 fully saturated rings. The fourth-order valence-corrected chi connectivity index (χ4v) is 2.59. The van der Waals surface area contributed by atoms with Gasteiger partial charge in [0.15, 0.2) is 0 Å². The molecule has 6 heteroatoms. The predicted octanol–water partition coefficient (Wildman–Crippen LogP) is 1.80. The van der Waals surface area contributed by atoms with Crippen molar-refractivity contribution in [3.8, 4) is 0 Å². The summed E-state index contributed by atoms with van der Waals surface area (Å²) in [5.74, 6) is 1.02. The summed E-state index contributed by atoms with van der Waals surface area (Å²) < 4.78 is 0. The summed E-state index contributed by atoms with van der Waals surface area (Å²) in [5, 5.41) is 0. The number of likely N-dealkylation sites (N-methyl/N-ethyl adjacent to an activating group) is 1. The van der Waals surface area contributed by atoms with Gasteiger partial charge < -0.3 is 14.8 Å². The van der Waals surface area contributed by atoms with Crippen LogP contribution in [0.3, 0.4) is 0 Å². The number of likely N-dealkylation sites (tertiary alicyclic amines) is 1. The van der Waals surface area contributed by atoms with E-state index in [0.29, 0.717) is 18.7 Å². The molecule has 2 heterocycles. The van der Waals surface area contributed by atoms with Gasteiger partial charge in [0.2, 0.25) is 5.91 Å². The largest absolute Gasteiger partial charge is 0.348 e. The lowest BCUT2D eigenvalue weighted by molar-refractivity contribution is -0.113. The Morgan fingerprint density at radius 1 is 1.35 bits per heavy atom. The smallest absolute Gasteiger partial charge is 0.253 e. The molecule has 1 N–H and O–H groups in total. The number of carbonyl (C=O) groups excluding carboxylic acids is 2. The monoisotopic (exact) mass is 310 g/mol. The summed E-state index contributed by atoms with van der Waals surface area (Å²) in [7, 11) is 1.67. The summed E-state index contributed by atoms with van der Waals surface area (Å²) in [6.07, 6.45) is 4.77. The van der Waals surface area contributed by atoms with Crippen LogP contribution in [0.4, 0.5) is 5.69 Å². The van der Waals surface area contributed by atoms with Gasteiger partial charge in [-0.3, -0.25) is 9.59 Å². The molecule has 0 spiro atoms. The van der Waals surface area contributed by atoms with E-state index >= 15 is 0 Å². The van der Waals surface area contributed by atoms with E-state index in [1.54, 1.807) is 48.6 Å². The molecular formula is C17H18N4O2. The first-order valence-corrected chi connectivity index (χ1v) is 7.39. The fraction of sp³-hybridized carbons (Fsp3) is 0.235. The predicted molar refractivity (Wildman–Crippen MR) is 87.3 cm³/mol. The highest BCUT2D eigenvalue weighted by Gasteiger charge is 2.33. The summed E-state index contributed by atoms with van der Waals surface area (Å²) in [5.41, 5.74) is 1.34. The number of hydrogen-bond donors (Lipinski definition) is 1. The van der Waals surface area contributed by atoms with Gasteiger partial charge in [0, 0.05) is 43.8 Å². The van der Waals surface area contributed by atoms with Crippen molar-refractivity contribution in [2.75, 3.05) is 25.0 Å². The number of imidazole rings is 1. The molecule has 1 aromatic heterocycles. The number of H-pyrrole nitrogens is 1. The number of rotatable bonds is 4. The van der Waals surface area contributed by atoms with Gasteiger partial charge >= 0.3 is 0 Å². The van der Waals surface area contributed by atoms with Gasteiger partial charge in [-0.25, -0.2) is 4.98 Å². The van der Waals surface area contributed by atoms with Gasteiger partial charge in [-0.15, -0.1) is 0 Å². The second-order valence-corrected chi connectivity index (χ2v) is 5.53. The van der Waals surface area contributed by atoms with Gasteiger partial charge in [0.25, 0.3) is 5.91 Å². The van der Waals surface area contributed by atoms with E-state index < -0.39 is 0 Å². The minimum absolute atomic E-state index is 0.00273. The summed E-state index contributed by atoms with van der Waals surface area (Å²) in [6, 6.07) is 7.01. The number of carbonyl (C=O) groups is 2. The Kier molecular flexibility index (Phi) is 3.97. The second kappa shape index (κ2) is 6.08. The van der Waals surface area contributed by atoms with Crippen molar-refractivity contribution in [1.82, 2.24) is 14.9 Å². The van der Waals surface area contributed by atoms with Crippen molar-refractivity contribution in [3.05, 3.63) is 60.7 Å². The minimum Gasteiger partial charge on any atom is -0.348 e. The Balaban J connectivity index is 1.63. The number of nitrogens with one attached hydrogen (secondary N) is 1. The summed E-state index contributed by atoms with van der Waals surface area (Å²) >= 11 is 0. The SMILES string of the molecule is C=CC(=O)N(C)c1ccc(C(=O)N2CC(c3ncc[nH]3)C2)cc1. The highest BCUT2D eigenvalue weighted by molar-refractivity contribution is 6.01. The molecule has 0 bridgehead atoms. The van der Waals surface area contributed by atoms with Crippen molar-refractivity contribution in [1.29, 1.82) is 0 Å². The second-order valence-electron chi connectivity index (χ2n) is 5.53. The Hall–Kier alpha value is -2.89. The molecule has 1 saturated heterocycles. The van der Waals surface area contributed by atoms with E-state index in [-0.39, 0.29) is 17.7 Å². The van der Waals surface area contributed by atoms with Crippen LogP contribution in [0.25, 0.3) is 0 Å². The lowest BCUT2D eigenvalue weighted by atomic mass is 9.98. The standard InChI is InChI=1S/C17H18N4O2/c1-3-15(22)20(2)14-6-4-12(5-7-14)17(23)21-10-13(11-21)16-18-8-9-19-16/h3-9,13H,1,10-11H2,2H3,(H,18,19). The first-order chi connectivity index (χ1) is 11.1. The highest BCUT2D eigenvalue weighted by Crippen LogP contribution is 2.26. The van der Waals surface area contributed by atoms with E-state index in [9.17, 15) is 9.59 Å². The van der Waals surface area contributed by atoms with Gasteiger partial charge in [0.05, 0.1) is 5.92 Å². The molecule has 2 amide bonds. The minimum atomic E-state index is -0.187. The van der Waals surface area contributed by atoms with E-state index in [2.05, 4.69) is 16.5 Å². The number of amides is 2. The molecular weight excluding hydrogens is 292 g/mol. The van der Waals surface area contributed by atoms with Crippen molar-refractivity contribution < 1.29 is 9.59 Å². The van der Waals surface area contributed by atoms with Gasteiger partial charge in [0.1, 0.15) is 5.82 Å². The number of anilines is 1. The zero-order valence-electron chi connectivity index (χ0n) is 12.9. The van der Waals surface area contributed by atoms with E-state index in [1.165, 1.54) is 11.0 Å². The lowest BCUT2D eigenvalue weighted by Gasteiger charge is -2.38. The zero-order valence-corrected chi connectivity index (χ0v) is 12.9. The third-order valence-corrected chi connectivity index (χ3v) is 4.08. The molecule has 2 aromatic rings. The average Bonchev–Trinajstić information content (AvgIpc) is 3.06. The van der Waals surface area contributed by atoms with Crippen LogP contribution in [0.1, 0.15) is 22.1 Å². The maximum Gasteiger partial charge on any atom is 0.253 e. The number of aromatic nitrogens is 2. The quantitative estimate of drug-likeness (QED) is 0.876. The molecule has 23 heavy (non-hydrogen) atoms. The Bertz CT molecular complexity index is 716. The molecule has 1 aliphatic heterocycles. The van der Waals surface area contributed by atoms with Gasteiger partial charge in [-0.1, -0.05) is 6.58 Å². The van der Waals surface area contributed by atoms with Crippen LogP contribution in [-0.4, -0.2) is 46.8 Å². The van der Waals surface area contributed by atoms with Crippen molar-refractivity contribution >= 4 is 17.5 Å². The third kappa shape index (κ3) is 2.88. The van der Waals surface area contributed by atoms with Crippen LogP contribution in [-0.2, 0) is 4.79 Å². The van der Waals surface area contributed by atoms with Crippen LogP contribution < -0.4 is 4.90 Å². The van der Waals surface area contributed by atoms with Crippen LogP contribution in [0.15, 0.2) is 49.3 Å². The van der Waals surface area contributed by atoms with Crippen molar-refractivity contribution in [3.63, 3.8) is 0 Å². The molecule has 0 atom stereocenters. The van der Waals surface area contributed by atoms with Crippen molar-refractivity contribution in [2.24, 2.45) is 0 Å². The van der Waals surface area contributed by atoms with Gasteiger partial charge in [-0.05, 0) is 30.3 Å². The van der Waals surface area contributed by atoms with E-state index in [4.69, 9.17) is 0 Å². The summed E-state index contributed by atoms with van der Waals surface area (Å²) in [4.78, 5) is 34.6. The van der Waals surface area contributed by atoms with Crippen LogP contribution in [0.5, 0.6) is 0 Å². The maximum atomic E-state index is 12.4. The fourth-order valence-electron chi connectivity index (χ4n) is 2.59. The zero-order chi connectivity index (χ0) is 16.4. The Labute approximate surface area is 134 Å². The Morgan fingerprint density at radius 2 is 2.04 bits per heavy atom. The van der Waals surface area contributed by atoms with Gasteiger partial charge in [-0.2, -0.15) is 0 Å². The normalized spacial score (nSPS) is 14.2. The highest BCUT2D eigenvalue weighted by atomic mass is 16.2. The Morgan fingerprint density at radius 3 is 2.61 bits per heavy atom. The molecule has 0 saturated carbocycles. The molecule has 0 unspecified atom stereocenters. The first kappa shape index (κ1) is 15.0. The molecule has 118 valence electrons. The third-order valence-electron chi connectivity index (χ3n) is 4.08. The summed E-state index contributed by atoms with van der Waals surface area (Å²) in [6.45, 7) is 4.80. The maximum absolute atomic E-state index is 12.4. The number of hydrogen-bond acceptors (Lipinski definition) is 3. The first-order valence-electron chi connectivity index (χ1n) is 7.39. The molecule has 1 aromatic carbocycles. The molecule has 0 radical (unpaired) electrons. The van der Waals surface area contributed by atoms with Crippen LogP contribution >= 0.6 is 0 Å². The molecule has 0 aliphatic carbocycles. The average molecular weight is 310 g/mol. The number of benzene rings is 1. The van der Waals surface area contributed by atoms with E-state index in [1.807, 2.05) is 0 Å². The molecule has 6 nitrogen and oxygen atoms in total. The van der Waals surface area contributed by atoms with E-state index in [0.717, 1.165) is 11.5 Å².